The Morgan fingerprint density at radius 1 is 0.833 bits per heavy atom. The highest BCUT2D eigenvalue weighted by Crippen LogP contribution is 2.25. The molecule has 3 aromatic carbocycles. The van der Waals surface area contributed by atoms with Crippen LogP contribution in [-0.4, -0.2) is 20.9 Å². The summed E-state index contributed by atoms with van der Waals surface area (Å²) in [6.07, 6.45) is 0. The Morgan fingerprint density at radius 3 is 2.17 bits per heavy atom. The van der Waals surface area contributed by atoms with Crippen LogP contribution in [0.2, 0.25) is 0 Å². The SMILES string of the molecule is Cc1ccc(N(CC(=O)NCc2ccccc2C)S(=O)(=O)c2ccccc2)cc1C. The lowest BCUT2D eigenvalue weighted by Gasteiger charge is -2.25. The van der Waals surface area contributed by atoms with Crippen LogP contribution < -0.4 is 9.62 Å². The van der Waals surface area contributed by atoms with Crippen molar-refractivity contribution in [3.8, 4) is 0 Å². The number of nitrogens with one attached hydrogen (secondary N) is 1. The Morgan fingerprint density at radius 2 is 1.50 bits per heavy atom. The van der Waals surface area contributed by atoms with Crippen molar-refractivity contribution >= 4 is 21.6 Å². The average Bonchev–Trinajstić information content (AvgIpc) is 2.74. The summed E-state index contributed by atoms with van der Waals surface area (Å²) in [5, 5.41) is 2.84. The Hall–Kier alpha value is -3.12. The Balaban J connectivity index is 1.88. The molecule has 0 aliphatic heterocycles. The van der Waals surface area contributed by atoms with E-state index in [0.717, 1.165) is 22.3 Å². The van der Waals surface area contributed by atoms with Gasteiger partial charge in [-0.15, -0.1) is 0 Å². The molecule has 0 atom stereocenters. The Kier molecular flexibility index (Phi) is 6.57. The number of benzene rings is 3. The van der Waals surface area contributed by atoms with E-state index >= 15 is 0 Å². The molecule has 0 aromatic heterocycles. The molecule has 0 saturated heterocycles. The van der Waals surface area contributed by atoms with Gasteiger partial charge < -0.3 is 5.32 Å². The van der Waals surface area contributed by atoms with Gasteiger partial charge in [0.2, 0.25) is 5.91 Å². The second kappa shape index (κ2) is 9.13. The largest absolute Gasteiger partial charge is 0.350 e. The summed E-state index contributed by atoms with van der Waals surface area (Å²) in [6, 6.07) is 21.3. The van der Waals surface area contributed by atoms with Gasteiger partial charge in [0, 0.05) is 6.54 Å². The standard InChI is InChI=1S/C24H26N2O3S/c1-18-13-14-22(15-20(18)3)26(30(28,29)23-11-5-4-6-12-23)17-24(27)25-16-21-10-8-7-9-19(21)2/h4-15H,16-17H2,1-3H3,(H,25,27). The fourth-order valence-corrected chi connectivity index (χ4v) is 4.54. The summed E-state index contributed by atoms with van der Waals surface area (Å²) in [6.45, 7) is 5.90. The van der Waals surface area contributed by atoms with E-state index in [9.17, 15) is 13.2 Å². The maximum atomic E-state index is 13.3. The van der Waals surface area contributed by atoms with Crippen molar-refractivity contribution in [1.29, 1.82) is 0 Å². The van der Waals surface area contributed by atoms with Gasteiger partial charge in [-0.3, -0.25) is 9.10 Å². The van der Waals surface area contributed by atoms with Gasteiger partial charge in [-0.05, 0) is 67.3 Å². The lowest BCUT2D eigenvalue weighted by atomic mass is 10.1. The van der Waals surface area contributed by atoms with Crippen molar-refractivity contribution in [2.24, 2.45) is 0 Å². The molecule has 0 bridgehead atoms. The van der Waals surface area contributed by atoms with Crippen LogP contribution in [-0.2, 0) is 21.4 Å². The molecule has 0 heterocycles. The predicted octanol–water partition coefficient (Wildman–Crippen LogP) is 4.12. The summed E-state index contributed by atoms with van der Waals surface area (Å²) in [5.41, 5.74) is 4.55. The molecule has 0 aliphatic carbocycles. The van der Waals surface area contributed by atoms with Gasteiger partial charge in [0.1, 0.15) is 6.54 Å². The van der Waals surface area contributed by atoms with Crippen molar-refractivity contribution < 1.29 is 13.2 Å². The topological polar surface area (TPSA) is 66.5 Å². The predicted molar refractivity (Wildman–Crippen MR) is 120 cm³/mol. The zero-order valence-corrected chi connectivity index (χ0v) is 18.2. The average molecular weight is 423 g/mol. The number of anilines is 1. The van der Waals surface area contributed by atoms with Gasteiger partial charge >= 0.3 is 0 Å². The van der Waals surface area contributed by atoms with Gasteiger partial charge in [0.05, 0.1) is 10.6 Å². The van der Waals surface area contributed by atoms with E-state index in [1.54, 1.807) is 30.3 Å². The number of carbonyl (C=O) groups excluding carboxylic acids is 1. The van der Waals surface area contributed by atoms with Crippen LogP contribution >= 0.6 is 0 Å². The van der Waals surface area contributed by atoms with Crippen molar-refractivity contribution in [3.05, 3.63) is 95.1 Å². The molecule has 0 radical (unpaired) electrons. The highest BCUT2D eigenvalue weighted by atomic mass is 32.2. The first-order chi connectivity index (χ1) is 14.3. The molecule has 156 valence electrons. The van der Waals surface area contributed by atoms with Gasteiger partial charge in [0.15, 0.2) is 0 Å². The molecule has 5 nitrogen and oxygen atoms in total. The maximum Gasteiger partial charge on any atom is 0.264 e. The van der Waals surface area contributed by atoms with Crippen LogP contribution in [0.4, 0.5) is 5.69 Å². The highest BCUT2D eigenvalue weighted by Gasteiger charge is 2.27. The Bertz CT molecular complexity index is 1140. The molecule has 30 heavy (non-hydrogen) atoms. The Labute approximate surface area is 178 Å². The summed E-state index contributed by atoms with van der Waals surface area (Å²) in [5.74, 6) is -0.365. The molecular weight excluding hydrogens is 396 g/mol. The molecule has 0 fully saturated rings. The van der Waals surface area contributed by atoms with E-state index in [-0.39, 0.29) is 17.3 Å². The molecule has 3 aromatic rings. The number of hydrogen-bond acceptors (Lipinski definition) is 3. The smallest absolute Gasteiger partial charge is 0.264 e. The minimum atomic E-state index is -3.90. The first-order valence-electron chi connectivity index (χ1n) is 9.75. The molecular formula is C24H26N2O3S. The van der Waals surface area contributed by atoms with E-state index in [4.69, 9.17) is 0 Å². The van der Waals surface area contributed by atoms with Crippen LogP contribution in [0, 0.1) is 20.8 Å². The third-order valence-corrected chi connectivity index (χ3v) is 6.92. The second-order valence-corrected chi connectivity index (χ2v) is 9.16. The first-order valence-corrected chi connectivity index (χ1v) is 11.2. The summed E-state index contributed by atoms with van der Waals surface area (Å²) in [4.78, 5) is 12.9. The normalized spacial score (nSPS) is 11.2. The number of aryl methyl sites for hydroxylation is 3. The maximum absolute atomic E-state index is 13.3. The highest BCUT2D eigenvalue weighted by molar-refractivity contribution is 7.92. The number of amides is 1. The lowest BCUT2D eigenvalue weighted by molar-refractivity contribution is -0.119. The molecule has 1 amide bonds. The van der Waals surface area contributed by atoms with Gasteiger partial charge in [-0.1, -0.05) is 48.5 Å². The molecule has 1 N–H and O–H groups in total. The molecule has 3 rings (SSSR count). The number of carbonyl (C=O) groups is 1. The van der Waals surface area contributed by atoms with E-state index in [2.05, 4.69) is 5.32 Å². The summed E-state index contributed by atoms with van der Waals surface area (Å²) >= 11 is 0. The van der Waals surface area contributed by atoms with Crippen LogP contribution in [0.1, 0.15) is 22.3 Å². The van der Waals surface area contributed by atoms with Gasteiger partial charge in [0.25, 0.3) is 10.0 Å². The minimum absolute atomic E-state index is 0.148. The summed E-state index contributed by atoms with van der Waals surface area (Å²) in [7, 11) is -3.90. The first kappa shape index (κ1) is 21.6. The van der Waals surface area contributed by atoms with Crippen LogP contribution in [0.3, 0.4) is 0 Å². The fourth-order valence-electron chi connectivity index (χ4n) is 3.10. The van der Waals surface area contributed by atoms with E-state index in [1.165, 1.54) is 16.4 Å². The van der Waals surface area contributed by atoms with Gasteiger partial charge in [-0.25, -0.2) is 8.42 Å². The number of hydrogen-bond donors (Lipinski definition) is 1. The van der Waals surface area contributed by atoms with Crippen molar-refractivity contribution in [3.63, 3.8) is 0 Å². The van der Waals surface area contributed by atoms with E-state index in [0.29, 0.717) is 12.2 Å². The zero-order chi connectivity index (χ0) is 21.7. The number of nitrogens with zero attached hydrogens (tertiary/aromatic N) is 1. The number of rotatable bonds is 7. The number of sulfonamides is 1. The lowest BCUT2D eigenvalue weighted by Crippen LogP contribution is -2.40. The van der Waals surface area contributed by atoms with E-state index in [1.807, 2.05) is 51.1 Å². The van der Waals surface area contributed by atoms with Crippen molar-refractivity contribution in [1.82, 2.24) is 5.32 Å². The van der Waals surface area contributed by atoms with Crippen molar-refractivity contribution in [2.75, 3.05) is 10.8 Å². The molecule has 0 unspecified atom stereocenters. The molecule has 0 spiro atoms. The monoisotopic (exact) mass is 422 g/mol. The van der Waals surface area contributed by atoms with Gasteiger partial charge in [-0.2, -0.15) is 0 Å². The third kappa shape index (κ3) is 4.89. The minimum Gasteiger partial charge on any atom is -0.350 e. The fraction of sp³-hybridized carbons (Fsp3) is 0.208. The van der Waals surface area contributed by atoms with Crippen LogP contribution in [0.15, 0.2) is 77.7 Å². The zero-order valence-electron chi connectivity index (χ0n) is 17.4. The third-order valence-electron chi connectivity index (χ3n) is 5.13. The molecule has 6 heteroatoms. The molecule has 0 saturated carbocycles. The second-order valence-electron chi connectivity index (χ2n) is 7.30. The quantitative estimate of drug-likeness (QED) is 0.623. The van der Waals surface area contributed by atoms with Crippen LogP contribution in [0.25, 0.3) is 0 Å². The van der Waals surface area contributed by atoms with Crippen LogP contribution in [0.5, 0.6) is 0 Å². The van der Waals surface area contributed by atoms with Crippen molar-refractivity contribution in [2.45, 2.75) is 32.2 Å². The summed E-state index contributed by atoms with van der Waals surface area (Å²) < 4.78 is 27.8. The molecule has 0 aliphatic rings. The van der Waals surface area contributed by atoms with E-state index < -0.39 is 10.0 Å².